The maximum atomic E-state index is 5.17. The topological polar surface area (TPSA) is 25.4 Å². The first kappa shape index (κ1) is 10.9. The highest BCUT2D eigenvalue weighted by Crippen LogP contribution is 2.23. The maximum absolute atomic E-state index is 5.17. The molecular weight excluding hydrogens is 256 g/mol. The fourth-order valence-electron chi connectivity index (χ4n) is 1.97. The van der Waals surface area contributed by atoms with Crippen molar-refractivity contribution in [3.05, 3.63) is 22.8 Å². The zero-order valence-electron chi connectivity index (χ0n) is 8.82. The molecule has 0 bridgehead atoms. The van der Waals surface area contributed by atoms with Crippen LogP contribution < -0.4 is 4.90 Å². The van der Waals surface area contributed by atoms with Crippen molar-refractivity contribution in [3.8, 4) is 0 Å². The van der Waals surface area contributed by atoms with E-state index < -0.39 is 0 Å². The predicted octanol–water partition coefficient (Wildman–Crippen LogP) is 2.32. The number of hydrogen-bond acceptors (Lipinski definition) is 3. The van der Waals surface area contributed by atoms with E-state index in [9.17, 15) is 0 Å². The SMILES string of the molecule is COCC1CCN(c2ccc(Br)cn2)C1. The molecule has 1 fully saturated rings. The first-order valence-corrected chi connectivity index (χ1v) is 5.94. The van der Waals surface area contributed by atoms with Gasteiger partial charge in [0.15, 0.2) is 0 Å². The van der Waals surface area contributed by atoms with Gasteiger partial charge in [-0.2, -0.15) is 0 Å². The first-order valence-electron chi connectivity index (χ1n) is 5.15. The first-order chi connectivity index (χ1) is 7.29. The molecule has 0 amide bonds. The van der Waals surface area contributed by atoms with E-state index >= 15 is 0 Å². The molecule has 1 aromatic rings. The van der Waals surface area contributed by atoms with Crippen molar-refractivity contribution in [1.82, 2.24) is 4.98 Å². The Morgan fingerprint density at radius 3 is 3.13 bits per heavy atom. The minimum absolute atomic E-state index is 0.653. The summed E-state index contributed by atoms with van der Waals surface area (Å²) in [5.41, 5.74) is 0. The molecule has 2 rings (SSSR count). The van der Waals surface area contributed by atoms with E-state index in [0.717, 1.165) is 30.0 Å². The Kier molecular flexibility index (Phi) is 3.59. The largest absolute Gasteiger partial charge is 0.384 e. The van der Waals surface area contributed by atoms with Gasteiger partial charge in [-0.3, -0.25) is 0 Å². The molecule has 0 radical (unpaired) electrons. The normalized spacial score (nSPS) is 20.9. The van der Waals surface area contributed by atoms with Crippen LogP contribution in [0.15, 0.2) is 22.8 Å². The molecule has 1 aromatic heterocycles. The summed E-state index contributed by atoms with van der Waals surface area (Å²) in [5, 5.41) is 0. The molecule has 2 heterocycles. The summed E-state index contributed by atoms with van der Waals surface area (Å²) < 4.78 is 6.20. The second kappa shape index (κ2) is 4.94. The van der Waals surface area contributed by atoms with Crippen LogP contribution in [0.25, 0.3) is 0 Å². The van der Waals surface area contributed by atoms with Crippen LogP contribution >= 0.6 is 15.9 Å². The van der Waals surface area contributed by atoms with Gasteiger partial charge >= 0.3 is 0 Å². The van der Waals surface area contributed by atoms with E-state index in [1.54, 1.807) is 7.11 Å². The number of hydrogen-bond donors (Lipinski definition) is 0. The minimum atomic E-state index is 0.653. The number of halogens is 1. The van der Waals surface area contributed by atoms with Crippen molar-refractivity contribution >= 4 is 21.7 Å². The van der Waals surface area contributed by atoms with Gasteiger partial charge < -0.3 is 9.64 Å². The molecule has 0 spiro atoms. The zero-order chi connectivity index (χ0) is 10.7. The summed E-state index contributed by atoms with van der Waals surface area (Å²) in [7, 11) is 1.76. The lowest BCUT2D eigenvalue weighted by Crippen LogP contribution is -2.21. The highest BCUT2D eigenvalue weighted by Gasteiger charge is 2.22. The van der Waals surface area contributed by atoms with Gasteiger partial charge in [0.1, 0.15) is 5.82 Å². The monoisotopic (exact) mass is 270 g/mol. The number of methoxy groups -OCH3 is 1. The third-order valence-corrected chi connectivity index (χ3v) is 3.19. The van der Waals surface area contributed by atoms with Crippen LogP contribution in [0.3, 0.4) is 0 Å². The molecule has 0 aliphatic carbocycles. The summed E-state index contributed by atoms with van der Waals surface area (Å²) >= 11 is 3.39. The van der Waals surface area contributed by atoms with Crippen LogP contribution in [-0.4, -0.2) is 31.8 Å². The van der Waals surface area contributed by atoms with Gasteiger partial charge in [0, 0.05) is 36.8 Å². The van der Waals surface area contributed by atoms with Gasteiger partial charge in [-0.05, 0) is 34.5 Å². The molecule has 0 saturated carbocycles. The van der Waals surface area contributed by atoms with E-state index in [0.29, 0.717) is 5.92 Å². The Labute approximate surface area is 98.6 Å². The van der Waals surface area contributed by atoms with Gasteiger partial charge in [-0.1, -0.05) is 0 Å². The average Bonchev–Trinajstić information content (AvgIpc) is 2.68. The lowest BCUT2D eigenvalue weighted by atomic mass is 10.1. The van der Waals surface area contributed by atoms with Crippen molar-refractivity contribution in [2.24, 2.45) is 5.92 Å². The van der Waals surface area contributed by atoms with Crippen molar-refractivity contribution in [3.63, 3.8) is 0 Å². The van der Waals surface area contributed by atoms with Crippen LogP contribution in [0.1, 0.15) is 6.42 Å². The molecule has 1 aliphatic rings. The third kappa shape index (κ3) is 2.69. The number of pyridine rings is 1. The van der Waals surface area contributed by atoms with Gasteiger partial charge in [-0.15, -0.1) is 0 Å². The molecule has 1 aliphatic heterocycles. The van der Waals surface area contributed by atoms with E-state index in [2.05, 4.69) is 31.9 Å². The van der Waals surface area contributed by atoms with E-state index in [-0.39, 0.29) is 0 Å². The second-order valence-electron chi connectivity index (χ2n) is 3.89. The quantitative estimate of drug-likeness (QED) is 0.843. The Morgan fingerprint density at radius 1 is 1.60 bits per heavy atom. The number of nitrogens with zero attached hydrogens (tertiary/aromatic N) is 2. The summed E-state index contributed by atoms with van der Waals surface area (Å²) in [6.45, 7) is 3.00. The number of anilines is 1. The standard InChI is InChI=1S/C11H15BrN2O/c1-15-8-9-4-5-14(7-9)11-3-2-10(12)6-13-11/h2-3,6,9H,4-5,7-8H2,1H3. The van der Waals surface area contributed by atoms with Crippen LogP contribution in [0.4, 0.5) is 5.82 Å². The molecule has 4 heteroatoms. The predicted molar refractivity (Wildman–Crippen MR) is 64.1 cm³/mol. The average molecular weight is 271 g/mol. The molecule has 3 nitrogen and oxygen atoms in total. The minimum Gasteiger partial charge on any atom is -0.384 e. The number of rotatable bonds is 3. The number of aromatic nitrogens is 1. The van der Waals surface area contributed by atoms with Gasteiger partial charge in [-0.25, -0.2) is 4.98 Å². The number of ether oxygens (including phenoxy) is 1. The maximum Gasteiger partial charge on any atom is 0.128 e. The Balaban J connectivity index is 1.98. The van der Waals surface area contributed by atoms with Crippen molar-refractivity contribution < 1.29 is 4.74 Å². The smallest absolute Gasteiger partial charge is 0.128 e. The van der Waals surface area contributed by atoms with Crippen LogP contribution in [0.2, 0.25) is 0 Å². The van der Waals surface area contributed by atoms with E-state index in [1.165, 1.54) is 6.42 Å². The van der Waals surface area contributed by atoms with Crippen molar-refractivity contribution in [2.75, 3.05) is 31.7 Å². The molecule has 1 unspecified atom stereocenters. The molecule has 82 valence electrons. The fraction of sp³-hybridized carbons (Fsp3) is 0.545. The molecule has 1 saturated heterocycles. The Hall–Kier alpha value is -0.610. The summed E-state index contributed by atoms with van der Waals surface area (Å²) in [5.74, 6) is 1.72. The summed E-state index contributed by atoms with van der Waals surface area (Å²) in [4.78, 5) is 6.71. The molecular formula is C11H15BrN2O. The summed E-state index contributed by atoms with van der Waals surface area (Å²) in [6, 6.07) is 4.09. The molecule has 1 atom stereocenters. The lowest BCUT2D eigenvalue weighted by molar-refractivity contribution is 0.161. The van der Waals surface area contributed by atoms with Gasteiger partial charge in [0.25, 0.3) is 0 Å². The van der Waals surface area contributed by atoms with Crippen LogP contribution in [0.5, 0.6) is 0 Å². The Bertz CT molecular complexity index is 315. The van der Waals surface area contributed by atoms with Crippen LogP contribution in [0, 0.1) is 5.92 Å². The highest BCUT2D eigenvalue weighted by molar-refractivity contribution is 9.10. The van der Waals surface area contributed by atoms with Gasteiger partial charge in [0.05, 0.1) is 6.61 Å². The zero-order valence-corrected chi connectivity index (χ0v) is 10.4. The molecule has 15 heavy (non-hydrogen) atoms. The third-order valence-electron chi connectivity index (χ3n) is 2.72. The van der Waals surface area contributed by atoms with Crippen LogP contribution in [-0.2, 0) is 4.74 Å². The van der Waals surface area contributed by atoms with Crippen molar-refractivity contribution in [1.29, 1.82) is 0 Å². The molecule has 0 N–H and O–H groups in total. The lowest BCUT2D eigenvalue weighted by Gasteiger charge is -2.17. The second-order valence-corrected chi connectivity index (χ2v) is 4.81. The van der Waals surface area contributed by atoms with Gasteiger partial charge in [0.2, 0.25) is 0 Å². The molecule has 0 aromatic carbocycles. The summed E-state index contributed by atoms with van der Waals surface area (Å²) in [6.07, 6.45) is 3.05. The van der Waals surface area contributed by atoms with E-state index in [1.807, 2.05) is 12.3 Å². The highest BCUT2D eigenvalue weighted by atomic mass is 79.9. The fourth-order valence-corrected chi connectivity index (χ4v) is 2.20. The van der Waals surface area contributed by atoms with Crippen molar-refractivity contribution in [2.45, 2.75) is 6.42 Å². The Morgan fingerprint density at radius 2 is 2.47 bits per heavy atom. The van der Waals surface area contributed by atoms with E-state index in [4.69, 9.17) is 4.74 Å².